The van der Waals surface area contributed by atoms with Crippen LogP contribution in [0.2, 0.25) is 5.02 Å². The van der Waals surface area contributed by atoms with Crippen LogP contribution in [0.3, 0.4) is 0 Å². The smallest absolute Gasteiger partial charge is 0.408 e. The first-order valence-electron chi connectivity index (χ1n) is 6.16. The third-order valence-corrected chi connectivity index (χ3v) is 5.42. The molecular weight excluding hydrogens is 424 g/mol. The van der Waals surface area contributed by atoms with Crippen molar-refractivity contribution in [1.82, 2.24) is 4.57 Å². The minimum atomic E-state index is -0.384. The van der Waals surface area contributed by atoms with Crippen LogP contribution in [0.1, 0.15) is 16.5 Å². The molecule has 0 spiro atoms. The van der Waals surface area contributed by atoms with E-state index in [2.05, 4.69) is 22.6 Å². The van der Waals surface area contributed by atoms with Crippen LogP contribution in [-0.2, 0) is 7.05 Å². The van der Waals surface area contributed by atoms with Crippen LogP contribution in [0.4, 0.5) is 0 Å². The number of aryl methyl sites for hydroxylation is 1. The van der Waals surface area contributed by atoms with Crippen LogP contribution in [0.15, 0.2) is 45.6 Å². The van der Waals surface area contributed by atoms with Gasteiger partial charge in [0, 0.05) is 10.6 Å². The second-order valence-electron chi connectivity index (χ2n) is 4.69. The van der Waals surface area contributed by atoms with Gasteiger partial charge in [0.15, 0.2) is 5.58 Å². The van der Waals surface area contributed by atoms with E-state index >= 15 is 0 Å². The Morgan fingerprint density at radius 1 is 1.19 bits per heavy atom. The van der Waals surface area contributed by atoms with Gasteiger partial charge in [-0.15, -0.1) is 11.6 Å². The van der Waals surface area contributed by atoms with E-state index in [1.165, 1.54) is 4.57 Å². The summed E-state index contributed by atoms with van der Waals surface area (Å²) in [5.74, 6) is -0.384. The number of aromatic nitrogens is 1. The molecule has 3 aromatic rings. The van der Waals surface area contributed by atoms with E-state index in [-0.39, 0.29) is 11.1 Å². The highest BCUT2D eigenvalue weighted by Gasteiger charge is 2.15. The maximum Gasteiger partial charge on any atom is 0.419 e. The van der Waals surface area contributed by atoms with Crippen molar-refractivity contribution in [2.45, 2.75) is 5.38 Å². The number of nitrogens with zero attached hydrogens (tertiary/aromatic N) is 1. The van der Waals surface area contributed by atoms with E-state index in [0.29, 0.717) is 10.6 Å². The molecule has 6 heteroatoms. The SMILES string of the molecule is Cn1c(=O)oc2cc(C(Cl)c3ccc(I)c(Cl)c3)ccc21. The first-order valence-corrected chi connectivity index (χ1v) is 8.05. The predicted octanol–water partition coefficient (Wildman–Crippen LogP) is 4.72. The molecule has 3 nitrogen and oxygen atoms in total. The third kappa shape index (κ3) is 2.72. The average Bonchev–Trinajstić information content (AvgIpc) is 2.76. The lowest BCUT2D eigenvalue weighted by Gasteiger charge is -2.11. The zero-order valence-corrected chi connectivity index (χ0v) is 14.6. The van der Waals surface area contributed by atoms with E-state index < -0.39 is 0 Å². The molecule has 0 saturated carbocycles. The summed E-state index contributed by atoms with van der Waals surface area (Å²) >= 11 is 14.8. The quantitative estimate of drug-likeness (QED) is 0.433. The minimum Gasteiger partial charge on any atom is -0.408 e. The fourth-order valence-electron chi connectivity index (χ4n) is 2.17. The first kappa shape index (κ1) is 14.9. The van der Waals surface area contributed by atoms with Crippen LogP contribution < -0.4 is 5.76 Å². The van der Waals surface area contributed by atoms with Crippen molar-refractivity contribution in [3.63, 3.8) is 0 Å². The Kier molecular flexibility index (Phi) is 4.03. The van der Waals surface area contributed by atoms with Gasteiger partial charge in [-0.2, -0.15) is 0 Å². The number of halogens is 3. The summed E-state index contributed by atoms with van der Waals surface area (Å²) in [6.45, 7) is 0. The van der Waals surface area contributed by atoms with Gasteiger partial charge in [0.2, 0.25) is 0 Å². The predicted molar refractivity (Wildman–Crippen MR) is 93.3 cm³/mol. The van der Waals surface area contributed by atoms with Crippen LogP contribution >= 0.6 is 45.8 Å². The molecule has 0 aliphatic rings. The van der Waals surface area contributed by atoms with Crippen LogP contribution in [0, 0.1) is 3.57 Å². The number of rotatable bonds is 2. The van der Waals surface area contributed by atoms with E-state index in [1.54, 1.807) is 13.1 Å². The Hall–Kier alpha value is -0.980. The molecule has 0 aliphatic carbocycles. The Bertz CT molecular complexity index is 885. The molecule has 0 amide bonds. The van der Waals surface area contributed by atoms with Crippen LogP contribution in [-0.4, -0.2) is 4.57 Å². The number of alkyl halides is 1. The van der Waals surface area contributed by atoms with Gasteiger partial charge in [-0.05, 0) is 58.0 Å². The standard InChI is InChI=1S/C15H10Cl2INO2/c1-19-12-5-3-9(7-13(12)21-15(19)20)14(17)8-2-4-11(18)10(16)6-8/h2-7,14H,1H3. The lowest BCUT2D eigenvalue weighted by molar-refractivity contribution is 0.528. The molecule has 108 valence electrons. The molecule has 21 heavy (non-hydrogen) atoms. The zero-order valence-electron chi connectivity index (χ0n) is 10.9. The average molecular weight is 434 g/mol. The summed E-state index contributed by atoms with van der Waals surface area (Å²) in [6, 6.07) is 11.2. The second-order valence-corrected chi connectivity index (χ2v) is 6.70. The zero-order chi connectivity index (χ0) is 15.1. The number of hydrogen-bond donors (Lipinski definition) is 0. The number of fused-ring (bicyclic) bond motifs is 1. The molecule has 0 aliphatic heterocycles. The molecule has 3 rings (SSSR count). The lowest BCUT2D eigenvalue weighted by atomic mass is 10.0. The molecule has 1 atom stereocenters. The van der Waals surface area contributed by atoms with Crippen molar-refractivity contribution < 1.29 is 4.42 Å². The second kappa shape index (κ2) is 5.66. The number of benzene rings is 2. The Morgan fingerprint density at radius 2 is 1.86 bits per heavy atom. The highest BCUT2D eigenvalue weighted by atomic mass is 127. The monoisotopic (exact) mass is 433 g/mol. The normalized spacial score (nSPS) is 12.8. The maximum absolute atomic E-state index is 11.5. The molecule has 1 heterocycles. The van der Waals surface area contributed by atoms with E-state index in [4.69, 9.17) is 27.6 Å². The largest absolute Gasteiger partial charge is 0.419 e. The summed E-state index contributed by atoms with van der Waals surface area (Å²) in [5, 5.41) is 0.320. The minimum absolute atomic E-state index is 0.352. The molecule has 0 radical (unpaired) electrons. The molecule has 0 N–H and O–H groups in total. The number of hydrogen-bond acceptors (Lipinski definition) is 2. The summed E-state index contributed by atoms with van der Waals surface area (Å²) < 4.78 is 7.63. The Morgan fingerprint density at radius 3 is 2.57 bits per heavy atom. The Labute approximate surface area is 144 Å². The van der Waals surface area contributed by atoms with Crippen LogP contribution in [0.5, 0.6) is 0 Å². The van der Waals surface area contributed by atoms with Gasteiger partial charge in [-0.25, -0.2) is 4.79 Å². The molecule has 2 aromatic carbocycles. The topological polar surface area (TPSA) is 35.1 Å². The van der Waals surface area contributed by atoms with Crippen molar-refractivity contribution in [2.75, 3.05) is 0 Å². The van der Waals surface area contributed by atoms with Crippen molar-refractivity contribution in [3.05, 3.63) is 66.7 Å². The third-order valence-electron chi connectivity index (χ3n) is 3.35. The van der Waals surface area contributed by atoms with E-state index in [1.807, 2.05) is 30.3 Å². The molecule has 0 bridgehead atoms. The molecule has 0 fully saturated rings. The van der Waals surface area contributed by atoms with Crippen LogP contribution in [0.25, 0.3) is 11.1 Å². The highest BCUT2D eigenvalue weighted by molar-refractivity contribution is 14.1. The summed E-state index contributed by atoms with van der Waals surface area (Å²) in [5.41, 5.74) is 3.03. The Balaban J connectivity index is 2.06. The van der Waals surface area contributed by atoms with Crippen molar-refractivity contribution in [1.29, 1.82) is 0 Å². The summed E-state index contributed by atoms with van der Waals surface area (Å²) in [7, 11) is 1.67. The van der Waals surface area contributed by atoms with Gasteiger partial charge in [0.05, 0.1) is 15.9 Å². The maximum atomic E-state index is 11.5. The molecule has 0 saturated heterocycles. The molecule has 1 aromatic heterocycles. The van der Waals surface area contributed by atoms with Gasteiger partial charge in [0.1, 0.15) is 0 Å². The number of oxazole rings is 1. The lowest BCUT2D eigenvalue weighted by Crippen LogP contribution is -2.08. The van der Waals surface area contributed by atoms with Crippen molar-refractivity contribution >= 4 is 56.9 Å². The fraction of sp³-hybridized carbons (Fsp3) is 0.133. The van der Waals surface area contributed by atoms with Gasteiger partial charge in [0.25, 0.3) is 0 Å². The van der Waals surface area contributed by atoms with E-state index in [0.717, 1.165) is 20.2 Å². The fourth-order valence-corrected chi connectivity index (χ4v) is 2.97. The first-order chi connectivity index (χ1) is 9.97. The van der Waals surface area contributed by atoms with Gasteiger partial charge in [-0.1, -0.05) is 23.7 Å². The van der Waals surface area contributed by atoms with Gasteiger partial charge >= 0.3 is 5.76 Å². The summed E-state index contributed by atoms with van der Waals surface area (Å²) in [4.78, 5) is 11.5. The highest BCUT2D eigenvalue weighted by Crippen LogP contribution is 2.33. The van der Waals surface area contributed by atoms with E-state index in [9.17, 15) is 4.79 Å². The van der Waals surface area contributed by atoms with Gasteiger partial charge < -0.3 is 4.42 Å². The van der Waals surface area contributed by atoms with Crippen molar-refractivity contribution in [2.24, 2.45) is 7.05 Å². The summed E-state index contributed by atoms with van der Waals surface area (Å²) in [6.07, 6.45) is 0. The molecular formula is C15H10Cl2INO2. The molecule has 1 unspecified atom stereocenters. The van der Waals surface area contributed by atoms with Gasteiger partial charge in [-0.3, -0.25) is 4.57 Å². The van der Waals surface area contributed by atoms with Crippen molar-refractivity contribution in [3.8, 4) is 0 Å².